The molecular weight excluding hydrogens is 402 g/mol. The molecule has 1 amide bonds. The Balaban J connectivity index is 1.85. The van der Waals surface area contributed by atoms with Gasteiger partial charge in [0.15, 0.2) is 0 Å². The number of rotatable bonds is 8. The molecule has 0 unspecified atom stereocenters. The Labute approximate surface area is 176 Å². The highest BCUT2D eigenvalue weighted by Crippen LogP contribution is 2.31. The maximum absolute atomic E-state index is 12.9. The van der Waals surface area contributed by atoms with Crippen molar-refractivity contribution in [3.8, 4) is 5.75 Å². The molecule has 0 saturated carbocycles. The van der Waals surface area contributed by atoms with Gasteiger partial charge in [-0.3, -0.25) is 8.98 Å². The summed E-state index contributed by atoms with van der Waals surface area (Å²) >= 11 is 0. The first-order valence-corrected chi connectivity index (χ1v) is 10.8. The summed E-state index contributed by atoms with van der Waals surface area (Å²) in [6.45, 7) is 1.64. The van der Waals surface area contributed by atoms with Crippen LogP contribution < -0.4 is 10.1 Å². The maximum atomic E-state index is 12.9. The zero-order valence-electron chi connectivity index (χ0n) is 16.7. The second-order valence-electron chi connectivity index (χ2n) is 6.70. The number of anilines is 1. The molecule has 0 aliphatic rings. The third-order valence-electron chi connectivity index (χ3n) is 4.62. The van der Waals surface area contributed by atoms with Gasteiger partial charge in [-0.2, -0.15) is 8.42 Å². The van der Waals surface area contributed by atoms with E-state index in [-0.39, 0.29) is 10.8 Å². The number of carbonyl (C=O) groups is 1. The van der Waals surface area contributed by atoms with Crippen molar-refractivity contribution in [1.29, 1.82) is 0 Å². The number of amides is 1. The number of carbonyl (C=O) groups excluding carboxylic acids is 1. The molecule has 0 fully saturated rings. The van der Waals surface area contributed by atoms with Gasteiger partial charge in [0, 0.05) is 5.69 Å². The Bertz CT molecular complexity index is 1070. The van der Waals surface area contributed by atoms with Crippen LogP contribution in [0, 0.1) is 5.92 Å². The highest BCUT2D eigenvalue weighted by Gasteiger charge is 2.32. The Morgan fingerprint density at radius 3 is 2.00 bits per heavy atom. The molecule has 0 aromatic heterocycles. The molecule has 156 valence electrons. The molecule has 0 bridgehead atoms. The topological polar surface area (TPSA) is 81.7 Å². The van der Waals surface area contributed by atoms with Crippen LogP contribution in [-0.4, -0.2) is 21.4 Å². The lowest BCUT2D eigenvalue weighted by Gasteiger charge is -2.24. The zero-order valence-corrected chi connectivity index (χ0v) is 17.5. The van der Waals surface area contributed by atoms with Crippen molar-refractivity contribution in [2.75, 3.05) is 12.4 Å². The first-order chi connectivity index (χ1) is 14.4. The van der Waals surface area contributed by atoms with Gasteiger partial charge in [-0.15, -0.1) is 0 Å². The molecular formula is C23H23NO5S. The van der Waals surface area contributed by atoms with Crippen molar-refractivity contribution in [2.24, 2.45) is 5.92 Å². The molecule has 30 heavy (non-hydrogen) atoms. The number of hydrogen-bond acceptors (Lipinski definition) is 5. The SMILES string of the molecule is COc1ccc(NC(=O)[C@@H](C)[C@H](OS(=O)(=O)c2ccccc2)c2ccccc2)cc1. The second-order valence-corrected chi connectivity index (χ2v) is 8.27. The molecule has 3 aromatic carbocycles. The summed E-state index contributed by atoms with van der Waals surface area (Å²) < 4.78 is 36.3. The summed E-state index contributed by atoms with van der Waals surface area (Å²) in [7, 11) is -2.50. The van der Waals surface area contributed by atoms with E-state index < -0.39 is 22.1 Å². The van der Waals surface area contributed by atoms with E-state index in [9.17, 15) is 13.2 Å². The summed E-state index contributed by atoms with van der Waals surface area (Å²) in [5.41, 5.74) is 1.17. The van der Waals surface area contributed by atoms with Gasteiger partial charge < -0.3 is 10.1 Å². The fourth-order valence-electron chi connectivity index (χ4n) is 2.92. The van der Waals surface area contributed by atoms with Gasteiger partial charge in [0.05, 0.1) is 17.9 Å². The summed E-state index contributed by atoms with van der Waals surface area (Å²) in [4.78, 5) is 12.9. The third kappa shape index (κ3) is 5.25. The van der Waals surface area contributed by atoms with Crippen molar-refractivity contribution in [3.63, 3.8) is 0 Å². The second kappa shape index (κ2) is 9.56. The monoisotopic (exact) mass is 425 g/mol. The number of methoxy groups -OCH3 is 1. The van der Waals surface area contributed by atoms with Crippen molar-refractivity contribution in [1.82, 2.24) is 0 Å². The molecule has 2 atom stereocenters. The fourth-order valence-corrected chi connectivity index (χ4v) is 4.07. The van der Waals surface area contributed by atoms with Crippen molar-refractivity contribution in [3.05, 3.63) is 90.5 Å². The molecule has 0 heterocycles. The molecule has 7 heteroatoms. The number of ether oxygens (including phenoxy) is 1. The van der Waals surface area contributed by atoms with Gasteiger partial charge in [0.1, 0.15) is 11.9 Å². The van der Waals surface area contributed by atoms with Crippen LogP contribution in [0.2, 0.25) is 0 Å². The number of hydrogen-bond donors (Lipinski definition) is 1. The zero-order chi connectivity index (χ0) is 21.6. The maximum Gasteiger partial charge on any atom is 0.297 e. The molecule has 0 spiro atoms. The lowest BCUT2D eigenvalue weighted by Crippen LogP contribution is -2.29. The van der Waals surface area contributed by atoms with Gasteiger partial charge in [0.25, 0.3) is 10.1 Å². The van der Waals surface area contributed by atoms with Crippen LogP contribution in [0.4, 0.5) is 5.69 Å². The highest BCUT2D eigenvalue weighted by atomic mass is 32.2. The Morgan fingerprint density at radius 2 is 1.43 bits per heavy atom. The van der Waals surface area contributed by atoms with E-state index in [1.807, 2.05) is 6.07 Å². The van der Waals surface area contributed by atoms with Crippen LogP contribution in [0.25, 0.3) is 0 Å². The summed E-state index contributed by atoms with van der Waals surface area (Å²) in [5, 5.41) is 2.80. The van der Waals surface area contributed by atoms with Crippen LogP contribution in [0.15, 0.2) is 89.8 Å². The molecule has 3 aromatic rings. The van der Waals surface area contributed by atoms with E-state index in [0.717, 1.165) is 0 Å². The van der Waals surface area contributed by atoms with E-state index in [0.29, 0.717) is 17.0 Å². The lowest BCUT2D eigenvalue weighted by atomic mass is 9.96. The average Bonchev–Trinajstić information content (AvgIpc) is 2.78. The Morgan fingerprint density at radius 1 is 0.867 bits per heavy atom. The minimum Gasteiger partial charge on any atom is -0.497 e. The lowest BCUT2D eigenvalue weighted by molar-refractivity contribution is -0.122. The van der Waals surface area contributed by atoms with E-state index in [4.69, 9.17) is 8.92 Å². The van der Waals surface area contributed by atoms with Crippen LogP contribution in [0.5, 0.6) is 5.75 Å². The van der Waals surface area contributed by atoms with Crippen LogP contribution in [-0.2, 0) is 19.1 Å². The average molecular weight is 426 g/mol. The van der Waals surface area contributed by atoms with E-state index in [1.165, 1.54) is 12.1 Å². The van der Waals surface area contributed by atoms with Crippen LogP contribution in [0.3, 0.4) is 0 Å². The highest BCUT2D eigenvalue weighted by molar-refractivity contribution is 7.86. The quantitative estimate of drug-likeness (QED) is 0.541. The van der Waals surface area contributed by atoms with E-state index in [2.05, 4.69) is 5.32 Å². The van der Waals surface area contributed by atoms with Gasteiger partial charge in [0.2, 0.25) is 5.91 Å². The van der Waals surface area contributed by atoms with Gasteiger partial charge in [-0.05, 0) is 42.0 Å². The Kier molecular flexibility index (Phi) is 6.87. The molecule has 0 saturated heterocycles. The minimum absolute atomic E-state index is 0.0358. The fraction of sp³-hybridized carbons (Fsp3) is 0.174. The van der Waals surface area contributed by atoms with Crippen molar-refractivity contribution >= 4 is 21.7 Å². The molecule has 0 aliphatic carbocycles. The van der Waals surface area contributed by atoms with Crippen molar-refractivity contribution < 1.29 is 22.1 Å². The van der Waals surface area contributed by atoms with Crippen LogP contribution in [0.1, 0.15) is 18.6 Å². The number of benzene rings is 3. The predicted octanol–water partition coefficient (Wildman–Crippen LogP) is 4.42. The molecule has 3 rings (SSSR count). The first-order valence-electron chi connectivity index (χ1n) is 9.39. The largest absolute Gasteiger partial charge is 0.497 e. The third-order valence-corrected chi connectivity index (χ3v) is 5.93. The number of nitrogens with one attached hydrogen (secondary N) is 1. The normalized spacial score (nSPS) is 13.3. The summed E-state index contributed by atoms with van der Waals surface area (Å²) in [6.07, 6.45) is -0.991. The summed E-state index contributed by atoms with van der Waals surface area (Å²) in [5.74, 6) is -0.481. The van der Waals surface area contributed by atoms with Crippen LogP contribution >= 0.6 is 0 Å². The Hall–Kier alpha value is -3.16. The predicted molar refractivity (Wildman–Crippen MR) is 115 cm³/mol. The molecule has 0 aliphatic heterocycles. The minimum atomic E-state index is -4.06. The van der Waals surface area contributed by atoms with Gasteiger partial charge in [-0.1, -0.05) is 55.5 Å². The van der Waals surface area contributed by atoms with Crippen molar-refractivity contribution in [2.45, 2.75) is 17.9 Å². The van der Waals surface area contributed by atoms with E-state index >= 15 is 0 Å². The smallest absolute Gasteiger partial charge is 0.297 e. The molecule has 6 nitrogen and oxygen atoms in total. The molecule has 0 radical (unpaired) electrons. The molecule has 1 N–H and O–H groups in total. The van der Waals surface area contributed by atoms with Gasteiger partial charge in [-0.25, -0.2) is 0 Å². The first kappa shape index (κ1) is 21.5. The van der Waals surface area contributed by atoms with E-state index in [1.54, 1.807) is 80.8 Å². The summed E-state index contributed by atoms with van der Waals surface area (Å²) in [6, 6.07) is 23.6. The standard InChI is InChI=1S/C23H23NO5S/c1-17(23(25)24-19-13-15-20(28-2)16-14-19)22(18-9-5-3-6-10-18)29-30(26,27)21-11-7-4-8-12-21/h3-17,22H,1-2H3,(H,24,25)/t17-,22-/m0/s1. The van der Waals surface area contributed by atoms with Gasteiger partial charge >= 0.3 is 0 Å².